The van der Waals surface area contributed by atoms with Crippen molar-refractivity contribution in [1.29, 1.82) is 0 Å². The Morgan fingerprint density at radius 1 is 1.25 bits per heavy atom. The highest BCUT2D eigenvalue weighted by Gasteiger charge is 2.26. The minimum absolute atomic E-state index is 0.495. The number of nitrogens with zero attached hydrogens (tertiary/aromatic N) is 2. The molecule has 1 aromatic heterocycles. The maximum Gasteiger partial charge on any atom is 0.329 e. The van der Waals surface area contributed by atoms with Crippen LogP contribution in [0.5, 0.6) is 0 Å². The van der Waals surface area contributed by atoms with Gasteiger partial charge in [-0.05, 0) is 31.0 Å². The first-order chi connectivity index (χ1) is 11.7. The Morgan fingerprint density at radius 2 is 2.08 bits per heavy atom. The molecule has 0 amide bonds. The van der Waals surface area contributed by atoms with Gasteiger partial charge in [0.15, 0.2) is 6.04 Å². The lowest BCUT2D eigenvalue weighted by Gasteiger charge is -2.23. The molecule has 1 saturated carbocycles. The molecule has 0 unspecified atom stereocenters. The summed E-state index contributed by atoms with van der Waals surface area (Å²) in [4.78, 5) is 19.9. The quantitative estimate of drug-likeness (QED) is 0.861. The van der Waals surface area contributed by atoms with Crippen molar-refractivity contribution < 1.29 is 9.90 Å². The second kappa shape index (κ2) is 6.72. The molecule has 1 fully saturated rings. The molecule has 0 bridgehead atoms. The van der Waals surface area contributed by atoms with Gasteiger partial charge in [0.2, 0.25) is 0 Å². The van der Waals surface area contributed by atoms with Gasteiger partial charge < -0.3 is 10.4 Å². The number of thiazole rings is 1. The van der Waals surface area contributed by atoms with Crippen LogP contribution in [0, 0.1) is 0 Å². The minimum Gasteiger partial charge on any atom is -0.480 e. The Labute approximate surface area is 148 Å². The summed E-state index contributed by atoms with van der Waals surface area (Å²) >= 11 is 3.07. The predicted molar refractivity (Wildman–Crippen MR) is 101 cm³/mol. The fourth-order valence-corrected chi connectivity index (χ4v) is 5.31. The lowest BCUT2D eigenvalue weighted by atomic mass is 9.95. The van der Waals surface area contributed by atoms with Gasteiger partial charge in [0.1, 0.15) is 10.1 Å². The normalized spacial score (nSPS) is 21.8. The van der Waals surface area contributed by atoms with Gasteiger partial charge in [-0.15, -0.1) is 23.1 Å². The Kier molecular flexibility index (Phi) is 4.45. The minimum atomic E-state index is -0.863. The van der Waals surface area contributed by atoms with Crippen LogP contribution < -0.4 is 5.32 Å². The van der Waals surface area contributed by atoms with E-state index >= 15 is 0 Å². The van der Waals surface area contributed by atoms with Gasteiger partial charge in [0.05, 0.1) is 10.2 Å². The van der Waals surface area contributed by atoms with Crippen molar-refractivity contribution in [3.05, 3.63) is 23.2 Å². The second-order valence-electron chi connectivity index (χ2n) is 6.28. The number of carboxylic acid groups (broad SMARTS) is 1. The van der Waals surface area contributed by atoms with Crippen LogP contribution in [-0.4, -0.2) is 38.9 Å². The zero-order valence-electron chi connectivity index (χ0n) is 13.2. The van der Waals surface area contributed by atoms with Crippen molar-refractivity contribution >= 4 is 50.0 Å². The highest BCUT2D eigenvalue weighted by Crippen LogP contribution is 2.32. The number of aliphatic carboxylic acids is 1. The third-order valence-electron chi connectivity index (χ3n) is 4.48. The van der Waals surface area contributed by atoms with Gasteiger partial charge in [-0.2, -0.15) is 0 Å². The van der Waals surface area contributed by atoms with Crippen molar-refractivity contribution in [3.8, 4) is 0 Å². The summed E-state index contributed by atoms with van der Waals surface area (Å²) in [6.07, 6.45) is 6.47. The molecule has 2 aliphatic rings. The van der Waals surface area contributed by atoms with Crippen LogP contribution in [-0.2, 0) is 4.79 Å². The zero-order chi connectivity index (χ0) is 16.5. The van der Waals surface area contributed by atoms with E-state index in [1.165, 1.54) is 43.9 Å². The van der Waals surface area contributed by atoms with E-state index in [2.05, 4.69) is 27.4 Å². The number of nitrogens with one attached hydrogen (secondary N) is 1. The third-order valence-corrected chi connectivity index (χ3v) is 6.69. The average Bonchev–Trinajstić information content (AvgIpc) is 3.22. The summed E-state index contributed by atoms with van der Waals surface area (Å²) < 4.78 is 1.12. The molecular formula is C17H19N3O2S2. The van der Waals surface area contributed by atoms with Crippen molar-refractivity contribution in [2.75, 3.05) is 11.1 Å². The van der Waals surface area contributed by atoms with Gasteiger partial charge in [-0.3, -0.25) is 4.99 Å². The molecule has 7 heteroatoms. The van der Waals surface area contributed by atoms with Gasteiger partial charge in [0, 0.05) is 17.5 Å². The van der Waals surface area contributed by atoms with Crippen molar-refractivity contribution in [2.45, 2.75) is 44.2 Å². The Balaban J connectivity index is 1.55. The number of benzene rings is 1. The van der Waals surface area contributed by atoms with Crippen molar-refractivity contribution in [2.24, 2.45) is 4.99 Å². The number of aromatic nitrogens is 1. The molecule has 2 heterocycles. The first kappa shape index (κ1) is 15.9. The van der Waals surface area contributed by atoms with E-state index in [9.17, 15) is 4.79 Å². The van der Waals surface area contributed by atoms with Crippen LogP contribution in [0.4, 0.5) is 5.69 Å². The Hall–Kier alpha value is -1.60. The molecule has 0 radical (unpaired) electrons. The molecule has 24 heavy (non-hydrogen) atoms. The largest absolute Gasteiger partial charge is 0.480 e. The molecule has 1 aliphatic heterocycles. The second-order valence-corrected chi connectivity index (χ2v) is 8.32. The maximum absolute atomic E-state index is 11.0. The standard InChI is InChI=1S/C17H19N3O2S2/c21-17(22)13-9-23-15(20-13)16-19-12-7-6-11(8-14(12)24-16)18-10-4-2-1-3-5-10/h6-8,10,13,18H,1-5,9H2,(H,21,22)/t13-/m1/s1. The Bertz CT molecular complexity index is 796. The fourth-order valence-electron chi connectivity index (χ4n) is 3.21. The first-order valence-corrected chi connectivity index (χ1v) is 10.1. The van der Waals surface area contributed by atoms with Gasteiger partial charge in [-0.1, -0.05) is 19.3 Å². The van der Waals surface area contributed by atoms with Gasteiger partial charge in [-0.25, -0.2) is 9.78 Å². The van der Waals surface area contributed by atoms with E-state index in [0.717, 1.165) is 26.0 Å². The number of thioether (sulfide) groups is 1. The highest BCUT2D eigenvalue weighted by molar-refractivity contribution is 8.15. The predicted octanol–water partition coefficient (Wildman–Crippen LogP) is 3.99. The third kappa shape index (κ3) is 3.28. The van der Waals surface area contributed by atoms with Crippen molar-refractivity contribution in [3.63, 3.8) is 0 Å². The maximum atomic E-state index is 11.0. The summed E-state index contributed by atoms with van der Waals surface area (Å²) in [5.74, 6) is -0.368. The number of carbonyl (C=O) groups is 1. The topological polar surface area (TPSA) is 74.6 Å². The van der Waals surface area contributed by atoms with Crippen LogP contribution in [0.25, 0.3) is 10.2 Å². The molecule has 4 rings (SSSR count). The van der Waals surface area contributed by atoms with E-state index in [1.807, 2.05) is 6.07 Å². The number of fused-ring (bicyclic) bond motifs is 1. The molecule has 1 atom stereocenters. The van der Waals surface area contributed by atoms with Gasteiger partial charge in [0.25, 0.3) is 0 Å². The molecule has 0 spiro atoms. The van der Waals surface area contributed by atoms with Gasteiger partial charge >= 0.3 is 5.97 Å². The van der Waals surface area contributed by atoms with Crippen LogP contribution in [0.1, 0.15) is 37.1 Å². The van der Waals surface area contributed by atoms with E-state index < -0.39 is 12.0 Å². The Morgan fingerprint density at radius 3 is 2.83 bits per heavy atom. The van der Waals surface area contributed by atoms with E-state index in [-0.39, 0.29) is 0 Å². The molecule has 2 N–H and O–H groups in total. The zero-order valence-corrected chi connectivity index (χ0v) is 14.8. The monoisotopic (exact) mass is 361 g/mol. The highest BCUT2D eigenvalue weighted by atomic mass is 32.2. The number of anilines is 1. The number of aliphatic imine (C=N–C) groups is 1. The summed E-state index contributed by atoms with van der Waals surface area (Å²) in [7, 11) is 0. The molecule has 2 aromatic rings. The summed E-state index contributed by atoms with van der Waals surface area (Å²) in [5, 5.41) is 14.3. The molecule has 5 nitrogen and oxygen atoms in total. The van der Waals surface area contributed by atoms with Crippen molar-refractivity contribution in [1.82, 2.24) is 4.98 Å². The van der Waals surface area contributed by atoms with E-state index in [1.54, 1.807) is 11.3 Å². The van der Waals surface area contributed by atoms with Crippen LogP contribution >= 0.6 is 23.1 Å². The average molecular weight is 361 g/mol. The number of rotatable bonds is 4. The number of hydrogen-bond donors (Lipinski definition) is 2. The molecule has 1 aliphatic carbocycles. The lowest BCUT2D eigenvalue weighted by molar-refractivity contribution is -0.137. The fraction of sp³-hybridized carbons (Fsp3) is 0.471. The summed E-state index contributed by atoms with van der Waals surface area (Å²) in [6, 6.07) is 6.22. The first-order valence-electron chi connectivity index (χ1n) is 8.30. The van der Waals surface area contributed by atoms with E-state index in [0.29, 0.717) is 11.8 Å². The lowest BCUT2D eigenvalue weighted by Crippen LogP contribution is -2.21. The number of carboxylic acids is 1. The summed E-state index contributed by atoms with van der Waals surface area (Å²) in [5.41, 5.74) is 2.10. The van der Waals surface area contributed by atoms with E-state index in [4.69, 9.17) is 5.11 Å². The summed E-state index contributed by atoms with van der Waals surface area (Å²) in [6.45, 7) is 0. The molecule has 1 aromatic carbocycles. The molecular weight excluding hydrogens is 342 g/mol. The van der Waals surface area contributed by atoms with Crippen LogP contribution in [0.3, 0.4) is 0 Å². The SMILES string of the molecule is O=C(O)[C@H]1CSC(c2nc3ccc(NC4CCCCC4)cc3s2)=N1. The van der Waals surface area contributed by atoms with Crippen LogP contribution in [0.15, 0.2) is 23.2 Å². The molecule has 0 saturated heterocycles. The smallest absolute Gasteiger partial charge is 0.329 e. The number of hydrogen-bond acceptors (Lipinski definition) is 6. The molecule has 126 valence electrons. The van der Waals surface area contributed by atoms with Crippen LogP contribution in [0.2, 0.25) is 0 Å².